The highest BCUT2D eigenvalue weighted by atomic mass is 35.5. The predicted molar refractivity (Wildman–Crippen MR) is 80.1 cm³/mol. The van der Waals surface area contributed by atoms with Crippen LogP contribution in [-0.2, 0) is 13.1 Å². The lowest BCUT2D eigenvalue weighted by Crippen LogP contribution is -2.12. The molecular weight excluding hydrogens is 319 g/mol. The van der Waals surface area contributed by atoms with Crippen molar-refractivity contribution in [3.8, 4) is 5.75 Å². The van der Waals surface area contributed by atoms with Crippen LogP contribution in [0.2, 0.25) is 10.0 Å². The van der Waals surface area contributed by atoms with Crippen molar-refractivity contribution in [2.75, 3.05) is 0 Å². The standard InChI is InChI=1S/C15H13Cl2F2NO/c16-12-5-11(6-13(17)7-12)9-20-8-10-1-3-14(4-2-10)21-15(18)19/h1-7,15,20H,8-9H2. The second-order valence-electron chi connectivity index (χ2n) is 4.40. The van der Waals surface area contributed by atoms with E-state index < -0.39 is 6.61 Å². The molecule has 0 aliphatic heterocycles. The summed E-state index contributed by atoms with van der Waals surface area (Å²) in [6, 6.07) is 11.8. The van der Waals surface area contributed by atoms with Crippen molar-refractivity contribution in [1.82, 2.24) is 5.32 Å². The van der Waals surface area contributed by atoms with Gasteiger partial charge in [-0.2, -0.15) is 8.78 Å². The third-order valence-corrected chi connectivity index (χ3v) is 3.17. The Labute approximate surface area is 131 Å². The summed E-state index contributed by atoms with van der Waals surface area (Å²) in [5.74, 6) is 0.148. The molecule has 6 heteroatoms. The molecule has 0 atom stereocenters. The van der Waals surface area contributed by atoms with Gasteiger partial charge in [0.2, 0.25) is 0 Å². The molecule has 0 unspecified atom stereocenters. The molecule has 0 heterocycles. The number of alkyl halides is 2. The molecule has 0 aliphatic carbocycles. The molecule has 0 aliphatic rings. The lowest BCUT2D eigenvalue weighted by atomic mass is 10.2. The number of hydrogen-bond acceptors (Lipinski definition) is 2. The SMILES string of the molecule is FC(F)Oc1ccc(CNCc2cc(Cl)cc(Cl)c2)cc1. The molecule has 0 amide bonds. The highest BCUT2D eigenvalue weighted by Gasteiger charge is 2.03. The molecule has 0 aromatic heterocycles. The van der Waals surface area contributed by atoms with Gasteiger partial charge in [0.1, 0.15) is 5.75 Å². The van der Waals surface area contributed by atoms with Crippen molar-refractivity contribution < 1.29 is 13.5 Å². The fraction of sp³-hybridized carbons (Fsp3) is 0.200. The molecule has 0 radical (unpaired) electrons. The van der Waals surface area contributed by atoms with Crippen molar-refractivity contribution in [2.24, 2.45) is 0 Å². The number of halogens is 4. The van der Waals surface area contributed by atoms with E-state index >= 15 is 0 Å². The fourth-order valence-electron chi connectivity index (χ4n) is 1.85. The van der Waals surface area contributed by atoms with Crippen LogP contribution in [0, 0.1) is 0 Å². The van der Waals surface area contributed by atoms with Gasteiger partial charge >= 0.3 is 6.61 Å². The third kappa shape index (κ3) is 5.50. The van der Waals surface area contributed by atoms with Crippen LogP contribution in [0.4, 0.5) is 8.78 Å². The molecule has 21 heavy (non-hydrogen) atoms. The minimum atomic E-state index is -2.80. The van der Waals surface area contributed by atoms with Gasteiger partial charge in [-0.05, 0) is 41.5 Å². The maximum atomic E-state index is 12.0. The second kappa shape index (κ2) is 7.59. The molecule has 2 nitrogen and oxygen atoms in total. The maximum absolute atomic E-state index is 12.0. The third-order valence-electron chi connectivity index (χ3n) is 2.73. The van der Waals surface area contributed by atoms with E-state index in [0.29, 0.717) is 23.1 Å². The van der Waals surface area contributed by atoms with E-state index in [9.17, 15) is 8.78 Å². The molecular formula is C15H13Cl2F2NO. The van der Waals surface area contributed by atoms with Gasteiger partial charge in [0.15, 0.2) is 0 Å². The van der Waals surface area contributed by atoms with E-state index in [0.717, 1.165) is 11.1 Å². The molecule has 2 rings (SSSR count). The molecule has 0 fully saturated rings. The first-order valence-corrected chi connectivity index (χ1v) is 6.98. The average molecular weight is 332 g/mol. The van der Waals surface area contributed by atoms with E-state index in [4.69, 9.17) is 23.2 Å². The zero-order chi connectivity index (χ0) is 15.2. The molecule has 0 saturated heterocycles. The lowest BCUT2D eigenvalue weighted by molar-refractivity contribution is -0.0498. The van der Waals surface area contributed by atoms with Gasteiger partial charge in [0, 0.05) is 23.1 Å². The Balaban J connectivity index is 1.85. The molecule has 112 valence electrons. The van der Waals surface area contributed by atoms with Gasteiger partial charge in [0.25, 0.3) is 0 Å². The van der Waals surface area contributed by atoms with E-state index in [-0.39, 0.29) is 5.75 Å². The first-order chi connectivity index (χ1) is 10.0. The summed E-state index contributed by atoms with van der Waals surface area (Å²) in [5, 5.41) is 4.41. The first-order valence-electron chi connectivity index (χ1n) is 6.22. The van der Waals surface area contributed by atoms with Crippen molar-refractivity contribution in [2.45, 2.75) is 19.7 Å². The smallest absolute Gasteiger partial charge is 0.387 e. The summed E-state index contributed by atoms with van der Waals surface area (Å²) in [5.41, 5.74) is 1.94. The Morgan fingerprint density at radius 2 is 1.48 bits per heavy atom. The van der Waals surface area contributed by atoms with Crippen molar-refractivity contribution in [3.05, 3.63) is 63.6 Å². The number of ether oxygens (including phenoxy) is 1. The lowest BCUT2D eigenvalue weighted by Gasteiger charge is -2.08. The minimum Gasteiger partial charge on any atom is -0.435 e. The molecule has 0 spiro atoms. The molecule has 2 aromatic rings. The first kappa shape index (κ1) is 16.0. The summed E-state index contributed by atoms with van der Waals surface area (Å²) in [7, 11) is 0. The van der Waals surface area contributed by atoms with Gasteiger partial charge < -0.3 is 10.1 Å². The summed E-state index contributed by atoms with van der Waals surface area (Å²) in [4.78, 5) is 0. The minimum absolute atomic E-state index is 0.148. The second-order valence-corrected chi connectivity index (χ2v) is 5.28. The van der Waals surface area contributed by atoms with Gasteiger partial charge in [0.05, 0.1) is 0 Å². The summed E-state index contributed by atoms with van der Waals surface area (Å²) in [6.45, 7) is -1.60. The Morgan fingerprint density at radius 1 is 0.905 bits per heavy atom. The van der Waals surface area contributed by atoms with Gasteiger partial charge in [-0.15, -0.1) is 0 Å². The molecule has 2 aromatic carbocycles. The van der Waals surface area contributed by atoms with Crippen molar-refractivity contribution in [1.29, 1.82) is 0 Å². The Hall–Kier alpha value is -1.36. The zero-order valence-electron chi connectivity index (χ0n) is 11.0. The van der Waals surface area contributed by atoms with Gasteiger partial charge in [-0.25, -0.2) is 0 Å². The van der Waals surface area contributed by atoms with E-state index in [1.807, 2.05) is 12.1 Å². The maximum Gasteiger partial charge on any atom is 0.387 e. The Bertz CT molecular complexity index is 570. The van der Waals surface area contributed by atoms with Crippen LogP contribution >= 0.6 is 23.2 Å². The Morgan fingerprint density at radius 3 is 2.05 bits per heavy atom. The monoisotopic (exact) mass is 331 g/mol. The van der Waals surface area contributed by atoms with E-state index in [1.165, 1.54) is 12.1 Å². The van der Waals surface area contributed by atoms with Crippen LogP contribution in [0.5, 0.6) is 5.75 Å². The fourth-order valence-corrected chi connectivity index (χ4v) is 2.42. The Kier molecular flexibility index (Phi) is 5.79. The normalized spacial score (nSPS) is 10.9. The number of rotatable bonds is 6. The summed E-state index contributed by atoms with van der Waals surface area (Å²) in [6.07, 6.45) is 0. The van der Waals surface area contributed by atoms with Crippen molar-refractivity contribution >= 4 is 23.2 Å². The van der Waals surface area contributed by atoms with Gasteiger partial charge in [-0.3, -0.25) is 0 Å². The van der Waals surface area contributed by atoms with Crippen LogP contribution in [0.15, 0.2) is 42.5 Å². The largest absolute Gasteiger partial charge is 0.435 e. The molecule has 0 bridgehead atoms. The van der Waals surface area contributed by atoms with Crippen LogP contribution in [0.25, 0.3) is 0 Å². The molecule has 1 N–H and O–H groups in total. The quantitative estimate of drug-likeness (QED) is 0.814. The number of benzene rings is 2. The van der Waals surface area contributed by atoms with Gasteiger partial charge in [-0.1, -0.05) is 35.3 Å². The molecule has 0 saturated carbocycles. The topological polar surface area (TPSA) is 21.3 Å². The summed E-state index contributed by atoms with van der Waals surface area (Å²) < 4.78 is 28.3. The van der Waals surface area contributed by atoms with E-state index in [2.05, 4.69) is 10.1 Å². The highest BCUT2D eigenvalue weighted by molar-refractivity contribution is 6.34. The average Bonchev–Trinajstić information content (AvgIpc) is 2.39. The summed E-state index contributed by atoms with van der Waals surface area (Å²) >= 11 is 11.8. The van der Waals surface area contributed by atoms with Crippen LogP contribution in [0.1, 0.15) is 11.1 Å². The van der Waals surface area contributed by atoms with Crippen molar-refractivity contribution in [3.63, 3.8) is 0 Å². The zero-order valence-corrected chi connectivity index (χ0v) is 12.5. The predicted octanol–water partition coefficient (Wildman–Crippen LogP) is 4.88. The number of hydrogen-bond donors (Lipinski definition) is 1. The van der Waals surface area contributed by atoms with E-state index in [1.54, 1.807) is 18.2 Å². The van der Waals surface area contributed by atoms with Crippen LogP contribution < -0.4 is 10.1 Å². The number of nitrogens with one attached hydrogen (secondary N) is 1. The van der Waals surface area contributed by atoms with Crippen LogP contribution in [-0.4, -0.2) is 6.61 Å². The van der Waals surface area contributed by atoms with Crippen LogP contribution in [0.3, 0.4) is 0 Å². The highest BCUT2D eigenvalue weighted by Crippen LogP contribution is 2.19.